The number of nitrogen functional groups attached to an aromatic ring is 1. The molecule has 2 aromatic rings. The molecule has 2 aromatic heterocycles. The SMILES string of the molecule is CCc1ccc(-c2noc(N)c2C)o1. The van der Waals surface area contributed by atoms with Gasteiger partial charge in [0.2, 0.25) is 5.88 Å². The van der Waals surface area contributed by atoms with Crippen molar-refractivity contribution in [3.8, 4) is 11.5 Å². The maximum Gasteiger partial charge on any atom is 0.225 e. The monoisotopic (exact) mass is 192 g/mol. The Kier molecular flexibility index (Phi) is 2.04. The number of aromatic nitrogens is 1. The Balaban J connectivity index is 2.44. The van der Waals surface area contributed by atoms with E-state index < -0.39 is 0 Å². The van der Waals surface area contributed by atoms with Gasteiger partial charge >= 0.3 is 0 Å². The van der Waals surface area contributed by atoms with Crippen LogP contribution in [0.1, 0.15) is 18.2 Å². The lowest BCUT2D eigenvalue weighted by Crippen LogP contribution is -1.83. The van der Waals surface area contributed by atoms with E-state index in [0.717, 1.165) is 17.7 Å². The molecule has 2 N–H and O–H groups in total. The van der Waals surface area contributed by atoms with E-state index in [1.807, 2.05) is 26.0 Å². The molecule has 0 fully saturated rings. The molecule has 4 heteroatoms. The Morgan fingerprint density at radius 2 is 2.21 bits per heavy atom. The van der Waals surface area contributed by atoms with Crippen molar-refractivity contribution < 1.29 is 8.94 Å². The predicted octanol–water partition coefficient (Wildman–Crippen LogP) is 2.39. The number of hydrogen-bond acceptors (Lipinski definition) is 4. The van der Waals surface area contributed by atoms with Crippen LogP contribution in [0, 0.1) is 6.92 Å². The van der Waals surface area contributed by atoms with E-state index in [0.29, 0.717) is 17.3 Å². The van der Waals surface area contributed by atoms with Crippen molar-refractivity contribution in [2.24, 2.45) is 0 Å². The quantitative estimate of drug-likeness (QED) is 0.793. The summed E-state index contributed by atoms with van der Waals surface area (Å²) < 4.78 is 10.4. The zero-order valence-corrected chi connectivity index (χ0v) is 8.20. The number of nitrogens with two attached hydrogens (primary N) is 1. The predicted molar refractivity (Wildman–Crippen MR) is 52.7 cm³/mol. The second kappa shape index (κ2) is 3.21. The summed E-state index contributed by atoms with van der Waals surface area (Å²) in [4.78, 5) is 0. The third kappa shape index (κ3) is 1.28. The minimum Gasteiger partial charge on any atom is -0.459 e. The van der Waals surface area contributed by atoms with Gasteiger partial charge in [-0.05, 0) is 19.1 Å². The number of aryl methyl sites for hydroxylation is 1. The Hall–Kier alpha value is -1.71. The molecule has 2 rings (SSSR count). The molecular weight excluding hydrogens is 180 g/mol. The zero-order chi connectivity index (χ0) is 10.1. The molecule has 0 radical (unpaired) electrons. The summed E-state index contributed by atoms with van der Waals surface area (Å²) in [7, 11) is 0. The van der Waals surface area contributed by atoms with Crippen LogP contribution >= 0.6 is 0 Å². The maximum absolute atomic E-state index is 5.55. The second-order valence-corrected chi connectivity index (χ2v) is 3.14. The lowest BCUT2D eigenvalue weighted by atomic mass is 10.2. The van der Waals surface area contributed by atoms with Crippen molar-refractivity contribution in [3.05, 3.63) is 23.5 Å². The smallest absolute Gasteiger partial charge is 0.225 e. The first-order valence-corrected chi connectivity index (χ1v) is 4.53. The van der Waals surface area contributed by atoms with Crippen molar-refractivity contribution in [1.29, 1.82) is 0 Å². The van der Waals surface area contributed by atoms with Crippen molar-refractivity contribution in [3.63, 3.8) is 0 Å². The normalized spacial score (nSPS) is 10.7. The van der Waals surface area contributed by atoms with Crippen LogP contribution in [-0.2, 0) is 6.42 Å². The fourth-order valence-corrected chi connectivity index (χ4v) is 1.27. The van der Waals surface area contributed by atoms with Crippen LogP contribution in [0.3, 0.4) is 0 Å². The lowest BCUT2D eigenvalue weighted by molar-refractivity contribution is 0.434. The van der Waals surface area contributed by atoms with Gasteiger partial charge in [-0.25, -0.2) is 0 Å². The van der Waals surface area contributed by atoms with Gasteiger partial charge in [0.25, 0.3) is 0 Å². The van der Waals surface area contributed by atoms with Crippen LogP contribution in [0.2, 0.25) is 0 Å². The number of rotatable bonds is 2. The molecule has 0 bridgehead atoms. The minimum absolute atomic E-state index is 0.342. The summed E-state index contributed by atoms with van der Waals surface area (Å²) >= 11 is 0. The number of furan rings is 1. The Morgan fingerprint density at radius 1 is 1.43 bits per heavy atom. The van der Waals surface area contributed by atoms with E-state index in [1.54, 1.807) is 0 Å². The van der Waals surface area contributed by atoms with Crippen LogP contribution in [0.15, 0.2) is 21.1 Å². The van der Waals surface area contributed by atoms with Crippen molar-refractivity contribution in [2.75, 3.05) is 5.73 Å². The van der Waals surface area contributed by atoms with Gasteiger partial charge in [0.05, 0.1) is 0 Å². The molecule has 0 saturated heterocycles. The van der Waals surface area contributed by atoms with Gasteiger partial charge in [-0.3, -0.25) is 0 Å². The molecule has 14 heavy (non-hydrogen) atoms. The molecule has 4 nitrogen and oxygen atoms in total. The van der Waals surface area contributed by atoms with Crippen LogP contribution in [0.25, 0.3) is 11.5 Å². The van der Waals surface area contributed by atoms with Crippen LogP contribution < -0.4 is 5.73 Å². The Bertz CT molecular complexity index is 443. The molecule has 0 aliphatic carbocycles. The third-order valence-corrected chi connectivity index (χ3v) is 2.20. The molecule has 0 unspecified atom stereocenters. The van der Waals surface area contributed by atoms with Gasteiger partial charge in [-0.15, -0.1) is 0 Å². The average Bonchev–Trinajstić information content (AvgIpc) is 2.75. The Morgan fingerprint density at radius 3 is 2.71 bits per heavy atom. The van der Waals surface area contributed by atoms with E-state index in [4.69, 9.17) is 14.7 Å². The lowest BCUT2D eigenvalue weighted by Gasteiger charge is -1.91. The molecule has 0 aliphatic heterocycles. The highest BCUT2D eigenvalue weighted by Gasteiger charge is 2.14. The van der Waals surface area contributed by atoms with Gasteiger partial charge in [0, 0.05) is 12.0 Å². The topological polar surface area (TPSA) is 65.2 Å². The average molecular weight is 192 g/mol. The fourth-order valence-electron chi connectivity index (χ4n) is 1.27. The first-order valence-electron chi connectivity index (χ1n) is 4.53. The van der Waals surface area contributed by atoms with Crippen molar-refractivity contribution >= 4 is 5.88 Å². The van der Waals surface area contributed by atoms with Crippen LogP contribution in [-0.4, -0.2) is 5.16 Å². The molecule has 0 aliphatic rings. The third-order valence-electron chi connectivity index (χ3n) is 2.20. The number of nitrogens with zero attached hydrogens (tertiary/aromatic N) is 1. The first kappa shape index (κ1) is 8.87. The Labute approximate surface area is 81.7 Å². The van der Waals surface area contributed by atoms with Gasteiger partial charge in [-0.1, -0.05) is 12.1 Å². The van der Waals surface area contributed by atoms with Gasteiger partial charge < -0.3 is 14.7 Å². The summed E-state index contributed by atoms with van der Waals surface area (Å²) in [5.74, 6) is 1.98. The highest BCUT2D eigenvalue weighted by molar-refractivity contribution is 5.61. The first-order chi connectivity index (χ1) is 6.72. The minimum atomic E-state index is 0.342. The molecule has 74 valence electrons. The summed E-state index contributed by atoms with van der Waals surface area (Å²) in [6, 6.07) is 3.81. The van der Waals surface area contributed by atoms with Crippen LogP contribution in [0.5, 0.6) is 0 Å². The van der Waals surface area contributed by atoms with Crippen molar-refractivity contribution in [1.82, 2.24) is 5.16 Å². The maximum atomic E-state index is 5.55. The van der Waals surface area contributed by atoms with Crippen molar-refractivity contribution in [2.45, 2.75) is 20.3 Å². The second-order valence-electron chi connectivity index (χ2n) is 3.14. The van der Waals surface area contributed by atoms with E-state index in [9.17, 15) is 0 Å². The van der Waals surface area contributed by atoms with E-state index in [-0.39, 0.29) is 0 Å². The zero-order valence-electron chi connectivity index (χ0n) is 8.20. The van der Waals surface area contributed by atoms with Gasteiger partial charge in [-0.2, -0.15) is 0 Å². The largest absolute Gasteiger partial charge is 0.459 e. The highest BCUT2D eigenvalue weighted by atomic mass is 16.5. The molecule has 0 atom stereocenters. The number of hydrogen-bond donors (Lipinski definition) is 1. The van der Waals surface area contributed by atoms with Crippen LogP contribution in [0.4, 0.5) is 5.88 Å². The summed E-state index contributed by atoms with van der Waals surface area (Å²) in [6.07, 6.45) is 0.867. The molecular formula is C10H12N2O2. The van der Waals surface area contributed by atoms with E-state index in [1.165, 1.54) is 0 Å². The standard InChI is InChI=1S/C10H12N2O2/c1-3-7-4-5-8(13-7)9-6(2)10(11)14-12-9/h4-5H,3,11H2,1-2H3. The van der Waals surface area contributed by atoms with E-state index >= 15 is 0 Å². The van der Waals surface area contributed by atoms with Gasteiger partial charge in [0.1, 0.15) is 5.76 Å². The summed E-state index contributed by atoms with van der Waals surface area (Å²) in [5, 5.41) is 3.84. The fraction of sp³-hybridized carbons (Fsp3) is 0.300. The molecule has 0 amide bonds. The molecule has 0 aromatic carbocycles. The van der Waals surface area contributed by atoms with Gasteiger partial charge in [0.15, 0.2) is 11.5 Å². The summed E-state index contributed by atoms with van der Waals surface area (Å²) in [6.45, 7) is 3.89. The molecule has 0 saturated carbocycles. The molecule has 2 heterocycles. The van der Waals surface area contributed by atoms with E-state index in [2.05, 4.69) is 5.16 Å². The number of anilines is 1. The summed E-state index contributed by atoms with van der Waals surface area (Å²) in [5.41, 5.74) is 7.05. The highest BCUT2D eigenvalue weighted by Crippen LogP contribution is 2.27. The molecule has 0 spiro atoms.